The van der Waals surface area contributed by atoms with Crippen molar-refractivity contribution in [2.45, 2.75) is 44.1 Å². The molecular formula is C15H18BrNO3. The van der Waals surface area contributed by atoms with Gasteiger partial charge in [0.1, 0.15) is 0 Å². The Kier molecular flexibility index (Phi) is 4.81. The molecule has 0 aliphatic heterocycles. The van der Waals surface area contributed by atoms with Gasteiger partial charge >= 0.3 is 5.97 Å². The average Bonchev–Trinajstić information content (AvgIpc) is 2.34. The minimum Gasteiger partial charge on any atom is -0.481 e. The normalized spacial score (nSPS) is 16.2. The second-order valence-electron chi connectivity index (χ2n) is 5.34. The number of halogens is 1. The zero-order chi connectivity index (χ0) is 14.6. The molecule has 0 spiro atoms. The van der Waals surface area contributed by atoms with Crippen LogP contribution in [0, 0.1) is 0 Å². The highest BCUT2D eigenvalue weighted by molar-refractivity contribution is 9.10. The van der Waals surface area contributed by atoms with Crippen LogP contribution < -0.4 is 5.32 Å². The van der Waals surface area contributed by atoms with Gasteiger partial charge in [-0.15, -0.1) is 0 Å². The molecule has 1 aromatic rings. The Bertz CT molecular complexity index is 512. The molecule has 0 atom stereocenters. The summed E-state index contributed by atoms with van der Waals surface area (Å²) in [5, 5.41) is 11.8. The van der Waals surface area contributed by atoms with E-state index in [0.717, 1.165) is 29.3 Å². The van der Waals surface area contributed by atoms with Gasteiger partial charge in [-0.2, -0.15) is 0 Å². The van der Waals surface area contributed by atoms with E-state index in [-0.39, 0.29) is 12.3 Å². The Labute approximate surface area is 126 Å². The minimum atomic E-state index is -0.851. The molecule has 1 fully saturated rings. The van der Waals surface area contributed by atoms with E-state index in [1.165, 1.54) is 0 Å². The summed E-state index contributed by atoms with van der Waals surface area (Å²) in [6.45, 7) is 0. The van der Waals surface area contributed by atoms with Crippen LogP contribution in [0.3, 0.4) is 0 Å². The van der Waals surface area contributed by atoms with Crippen LogP contribution in [0.5, 0.6) is 0 Å². The lowest BCUT2D eigenvalue weighted by atomic mass is 9.74. The molecule has 0 heterocycles. The fourth-order valence-electron chi connectivity index (χ4n) is 2.55. The van der Waals surface area contributed by atoms with Crippen molar-refractivity contribution in [2.24, 2.45) is 0 Å². The number of carbonyl (C=O) groups is 2. The van der Waals surface area contributed by atoms with Crippen LogP contribution in [0.1, 0.15) is 37.7 Å². The standard InChI is InChI=1S/C15H18BrNO3/c16-12-5-2-1-4-11(12)6-7-13(18)17-15(8-3-9-15)10-14(19)20/h1-2,4-5H,3,6-10H2,(H,17,18)(H,19,20). The zero-order valence-electron chi connectivity index (χ0n) is 11.2. The second kappa shape index (κ2) is 6.39. The van der Waals surface area contributed by atoms with Crippen LogP contribution in [0.4, 0.5) is 0 Å². The van der Waals surface area contributed by atoms with Crippen molar-refractivity contribution in [1.82, 2.24) is 5.32 Å². The topological polar surface area (TPSA) is 66.4 Å². The summed E-state index contributed by atoms with van der Waals surface area (Å²) in [7, 11) is 0. The van der Waals surface area contributed by atoms with E-state index < -0.39 is 11.5 Å². The lowest BCUT2D eigenvalue weighted by Gasteiger charge is -2.41. The number of rotatable bonds is 6. The van der Waals surface area contributed by atoms with Gasteiger partial charge in [0.2, 0.25) is 5.91 Å². The first-order valence-corrected chi connectivity index (χ1v) is 7.56. The van der Waals surface area contributed by atoms with Crippen molar-refractivity contribution in [1.29, 1.82) is 0 Å². The molecule has 5 heteroatoms. The van der Waals surface area contributed by atoms with Gasteiger partial charge in [-0.25, -0.2) is 0 Å². The van der Waals surface area contributed by atoms with Gasteiger partial charge < -0.3 is 10.4 Å². The molecule has 0 radical (unpaired) electrons. The summed E-state index contributed by atoms with van der Waals surface area (Å²) in [6.07, 6.45) is 3.56. The predicted octanol–water partition coefficient (Wildman–Crippen LogP) is 2.90. The number of amides is 1. The van der Waals surface area contributed by atoms with Crippen molar-refractivity contribution in [2.75, 3.05) is 0 Å². The Hall–Kier alpha value is -1.36. The molecule has 1 saturated carbocycles. The van der Waals surface area contributed by atoms with E-state index in [2.05, 4.69) is 21.2 Å². The van der Waals surface area contributed by atoms with E-state index in [0.29, 0.717) is 12.8 Å². The molecule has 1 aliphatic rings. The SMILES string of the molecule is O=C(O)CC1(NC(=O)CCc2ccccc2Br)CCC1. The third-order valence-corrected chi connectivity index (χ3v) is 4.56. The minimum absolute atomic E-state index is 0.0216. The molecule has 1 amide bonds. The molecule has 4 nitrogen and oxygen atoms in total. The van der Waals surface area contributed by atoms with Gasteiger partial charge in [0.15, 0.2) is 0 Å². The number of benzene rings is 1. The van der Waals surface area contributed by atoms with Gasteiger partial charge in [-0.05, 0) is 37.3 Å². The van der Waals surface area contributed by atoms with E-state index in [1.54, 1.807) is 0 Å². The summed E-state index contributed by atoms with van der Waals surface area (Å²) in [5.74, 6) is -0.919. The van der Waals surface area contributed by atoms with Gasteiger partial charge in [0.25, 0.3) is 0 Å². The van der Waals surface area contributed by atoms with Gasteiger partial charge in [-0.3, -0.25) is 9.59 Å². The van der Waals surface area contributed by atoms with Gasteiger partial charge in [-0.1, -0.05) is 34.1 Å². The third-order valence-electron chi connectivity index (χ3n) is 3.78. The molecule has 2 N–H and O–H groups in total. The quantitative estimate of drug-likeness (QED) is 0.837. The number of nitrogens with one attached hydrogen (secondary N) is 1. The van der Waals surface area contributed by atoms with Crippen molar-refractivity contribution in [3.63, 3.8) is 0 Å². The highest BCUT2D eigenvalue weighted by atomic mass is 79.9. The molecule has 0 saturated heterocycles. The van der Waals surface area contributed by atoms with E-state index in [9.17, 15) is 9.59 Å². The Morgan fingerprint density at radius 3 is 2.55 bits per heavy atom. The number of carbonyl (C=O) groups excluding carboxylic acids is 1. The maximum atomic E-state index is 12.0. The fourth-order valence-corrected chi connectivity index (χ4v) is 3.03. The molecule has 1 aliphatic carbocycles. The molecule has 0 unspecified atom stereocenters. The second-order valence-corrected chi connectivity index (χ2v) is 6.20. The number of carboxylic acid groups (broad SMARTS) is 1. The highest BCUT2D eigenvalue weighted by Crippen LogP contribution is 2.35. The molecular weight excluding hydrogens is 322 g/mol. The molecule has 0 aromatic heterocycles. The van der Waals surface area contributed by atoms with E-state index in [1.807, 2.05) is 24.3 Å². The maximum absolute atomic E-state index is 12.0. The van der Waals surface area contributed by atoms with Crippen molar-refractivity contribution < 1.29 is 14.7 Å². The summed E-state index contributed by atoms with van der Waals surface area (Å²) in [4.78, 5) is 22.9. The summed E-state index contributed by atoms with van der Waals surface area (Å²) >= 11 is 3.46. The lowest BCUT2D eigenvalue weighted by Crippen LogP contribution is -2.54. The lowest BCUT2D eigenvalue weighted by molar-refractivity contribution is -0.140. The highest BCUT2D eigenvalue weighted by Gasteiger charge is 2.40. The summed E-state index contributed by atoms with van der Waals surface area (Å²) < 4.78 is 0.997. The maximum Gasteiger partial charge on any atom is 0.305 e. The first-order chi connectivity index (χ1) is 9.51. The monoisotopic (exact) mass is 339 g/mol. The third kappa shape index (κ3) is 3.82. The van der Waals surface area contributed by atoms with Crippen LogP contribution >= 0.6 is 15.9 Å². The van der Waals surface area contributed by atoms with Crippen LogP contribution in [-0.2, 0) is 16.0 Å². The fraction of sp³-hybridized carbons (Fsp3) is 0.467. The summed E-state index contributed by atoms with van der Waals surface area (Å²) in [6, 6.07) is 7.80. The van der Waals surface area contributed by atoms with Crippen LogP contribution in [0.25, 0.3) is 0 Å². The average molecular weight is 340 g/mol. The number of hydrogen-bond acceptors (Lipinski definition) is 2. The first kappa shape index (κ1) is 15.0. The zero-order valence-corrected chi connectivity index (χ0v) is 12.8. The number of hydrogen-bond donors (Lipinski definition) is 2. The molecule has 20 heavy (non-hydrogen) atoms. The van der Waals surface area contributed by atoms with Crippen molar-refractivity contribution in [3.8, 4) is 0 Å². The molecule has 108 valence electrons. The van der Waals surface area contributed by atoms with Gasteiger partial charge in [0, 0.05) is 10.9 Å². The molecule has 1 aromatic carbocycles. The Morgan fingerprint density at radius 2 is 2.00 bits per heavy atom. The van der Waals surface area contributed by atoms with Crippen molar-refractivity contribution >= 4 is 27.8 Å². The van der Waals surface area contributed by atoms with E-state index >= 15 is 0 Å². The van der Waals surface area contributed by atoms with Crippen molar-refractivity contribution in [3.05, 3.63) is 34.3 Å². The summed E-state index contributed by atoms with van der Waals surface area (Å²) in [5.41, 5.74) is 0.583. The largest absolute Gasteiger partial charge is 0.481 e. The number of aryl methyl sites for hydroxylation is 1. The van der Waals surface area contributed by atoms with E-state index in [4.69, 9.17) is 5.11 Å². The van der Waals surface area contributed by atoms with Gasteiger partial charge in [0.05, 0.1) is 12.0 Å². The van der Waals surface area contributed by atoms with Crippen LogP contribution in [0.2, 0.25) is 0 Å². The van der Waals surface area contributed by atoms with Crippen LogP contribution in [0.15, 0.2) is 28.7 Å². The Balaban J connectivity index is 1.86. The number of aliphatic carboxylic acids is 1. The Morgan fingerprint density at radius 1 is 1.30 bits per heavy atom. The number of carboxylic acids is 1. The van der Waals surface area contributed by atoms with Crippen LogP contribution in [-0.4, -0.2) is 22.5 Å². The predicted molar refractivity (Wildman–Crippen MR) is 79.4 cm³/mol. The first-order valence-electron chi connectivity index (χ1n) is 6.77. The molecule has 0 bridgehead atoms. The molecule has 2 rings (SSSR count). The smallest absolute Gasteiger partial charge is 0.305 e.